The van der Waals surface area contributed by atoms with Crippen LogP contribution in [0.15, 0.2) is 65.6 Å². The van der Waals surface area contributed by atoms with Gasteiger partial charge in [0, 0.05) is 30.6 Å². The van der Waals surface area contributed by atoms with Crippen LogP contribution in [0.5, 0.6) is 0 Å². The highest BCUT2D eigenvalue weighted by molar-refractivity contribution is 7.89. The number of ether oxygens (including phenoxy) is 2. The number of esters is 1. The summed E-state index contributed by atoms with van der Waals surface area (Å²) < 4.78 is 37.5. The Labute approximate surface area is 208 Å². The summed E-state index contributed by atoms with van der Waals surface area (Å²) >= 11 is 1.22. The third-order valence-corrected chi connectivity index (χ3v) is 8.72. The third kappa shape index (κ3) is 5.62. The molecule has 2 aromatic carbocycles. The van der Waals surface area contributed by atoms with Crippen LogP contribution in [0.3, 0.4) is 0 Å². The fourth-order valence-corrected chi connectivity index (χ4v) is 6.04. The molecule has 1 aliphatic rings. The predicted molar refractivity (Wildman–Crippen MR) is 134 cm³/mol. The van der Waals surface area contributed by atoms with Crippen molar-refractivity contribution in [3.05, 3.63) is 71.1 Å². The number of benzene rings is 2. The molecule has 1 fully saturated rings. The van der Waals surface area contributed by atoms with Gasteiger partial charge >= 0.3 is 5.97 Å². The van der Waals surface area contributed by atoms with Crippen LogP contribution in [0.2, 0.25) is 0 Å². The van der Waals surface area contributed by atoms with Crippen molar-refractivity contribution in [2.24, 2.45) is 0 Å². The highest BCUT2D eigenvalue weighted by Crippen LogP contribution is 2.35. The molecule has 1 atom stereocenters. The van der Waals surface area contributed by atoms with E-state index in [2.05, 4.69) is 5.32 Å². The second-order valence-corrected chi connectivity index (χ2v) is 11.2. The molecular formula is C25H26N2O6S2. The first kappa shape index (κ1) is 25.1. The maximum Gasteiger partial charge on any atom is 0.350 e. The number of anilines is 1. The molecule has 35 heavy (non-hydrogen) atoms. The maximum absolute atomic E-state index is 12.9. The summed E-state index contributed by atoms with van der Waals surface area (Å²) in [6.07, 6.45) is 1.66. The largest absolute Gasteiger partial charge is 0.465 e. The lowest BCUT2D eigenvalue weighted by atomic mass is 10.2. The van der Waals surface area contributed by atoms with Crippen molar-refractivity contribution in [1.82, 2.24) is 4.31 Å². The fraction of sp³-hybridized carbons (Fsp3) is 0.280. The number of carbonyl (C=O) groups excluding carboxylic acids is 2. The van der Waals surface area contributed by atoms with Gasteiger partial charge in [-0.2, -0.15) is 4.31 Å². The molecule has 8 nitrogen and oxygen atoms in total. The van der Waals surface area contributed by atoms with Crippen LogP contribution in [0.1, 0.15) is 32.9 Å². The molecule has 4 rings (SSSR count). The highest BCUT2D eigenvalue weighted by Gasteiger charge is 2.26. The first-order valence-electron chi connectivity index (χ1n) is 11.1. The summed E-state index contributed by atoms with van der Waals surface area (Å²) in [5, 5.41) is 2.76. The lowest BCUT2D eigenvalue weighted by Gasteiger charge is -2.20. The summed E-state index contributed by atoms with van der Waals surface area (Å²) in [7, 11) is -0.911. The van der Waals surface area contributed by atoms with E-state index in [0.717, 1.165) is 23.3 Å². The smallest absolute Gasteiger partial charge is 0.350 e. The zero-order valence-electron chi connectivity index (χ0n) is 19.4. The molecule has 1 saturated heterocycles. The molecule has 1 aromatic heterocycles. The predicted octanol–water partition coefficient (Wildman–Crippen LogP) is 4.25. The lowest BCUT2D eigenvalue weighted by Crippen LogP contribution is -2.34. The van der Waals surface area contributed by atoms with Crippen LogP contribution in [0, 0.1) is 0 Å². The lowest BCUT2D eigenvalue weighted by molar-refractivity contribution is 0.0607. The standard InChI is InChI=1S/C25H26N2O6S2/c1-27(16-19-9-6-14-33-19)35(30,31)20-12-10-18(11-13-20)24(28)26-21-15-22(17-7-4-3-5-8-17)34-23(21)25(29)32-2/h3-5,7-8,10-13,15,19H,6,9,14,16H2,1-2H3,(H,26,28). The number of carbonyl (C=O) groups is 2. The number of likely N-dealkylation sites (N-methyl/N-ethyl adjacent to an activating group) is 1. The van der Waals surface area contributed by atoms with Crippen LogP contribution < -0.4 is 5.32 Å². The Balaban J connectivity index is 1.51. The second kappa shape index (κ2) is 10.7. The second-order valence-electron chi connectivity index (χ2n) is 8.11. The van der Waals surface area contributed by atoms with Gasteiger partial charge in [-0.15, -0.1) is 11.3 Å². The van der Waals surface area contributed by atoms with Crippen molar-refractivity contribution in [1.29, 1.82) is 0 Å². The molecule has 0 aliphatic carbocycles. The molecule has 1 aliphatic heterocycles. The number of hydrogen-bond acceptors (Lipinski definition) is 7. The molecular weight excluding hydrogens is 488 g/mol. The molecule has 0 spiro atoms. The van der Waals surface area contributed by atoms with Crippen molar-refractivity contribution in [3.63, 3.8) is 0 Å². The molecule has 1 unspecified atom stereocenters. The highest BCUT2D eigenvalue weighted by atomic mass is 32.2. The quantitative estimate of drug-likeness (QED) is 0.451. The van der Waals surface area contributed by atoms with Crippen molar-refractivity contribution in [3.8, 4) is 10.4 Å². The van der Waals surface area contributed by atoms with E-state index in [0.29, 0.717) is 12.3 Å². The number of sulfonamides is 1. The van der Waals surface area contributed by atoms with Gasteiger partial charge in [0.15, 0.2) is 0 Å². The number of nitrogens with one attached hydrogen (secondary N) is 1. The first-order valence-corrected chi connectivity index (χ1v) is 13.3. The molecule has 3 aromatic rings. The average Bonchev–Trinajstić information content (AvgIpc) is 3.54. The molecule has 0 bridgehead atoms. The number of amides is 1. The number of hydrogen-bond donors (Lipinski definition) is 1. The van der Waals surface area contributed by atoms with E-state index < -0.39 is 21.9 Å². The molecule has 184 valence electrons. The number of methoxy groups -OCH3 is 1. The Morgan fingerprint density at radius 3 is 2.49 bits per heavy atom. The summed E-state index contributed by atoms with van der Waals surface area (Å²) in [6.45, 7) is 0.930. The van der Waals surface area contributed by atoms with Gasteiger partial charge in [0.05, 0.1) is 23.8 Å². The molecule has 0 saturated carbocycles. The van der Waals surface area contributed by atoms with Crippen molar-refractivity contribution >= 4 is 38.9 Å². The topological polar surface area (TPSA) is 102 Å². The van der Waals surface area contributed by atoms with E-state index in [1.54, 1.807) is 6.07 Å². The maximum atomic E-state index is 12.9. The van der Waals surface area contributed by atoms with Crippen LogP contribution in [0.4, 0.5) is 5.69 Å². The van der Waals surface area contributed by atoms with Crippen LogP contribution >= 0.6 is 11.3 Å². The van der Waals surface area contributed by atoms with E-state index >= 15 is 0 Å². The summed E-state index contributed by atoms with van der Waals surface area (Å²) in [5.74, 6) is -1.02. The van der Waals surface area contributed by atoms with E-state index in [9.17, 15) is 18.0 Å². The van der Waals surface area contributed by atoms with Crippen molar-refractivity contribution in [2.45, 2.75) is 23.8 Å². The SMILES string of the molecule is COC(=O)c1sc(-c2ccccc2)cc1NC(=O)c1ccc(S(=O)(=O)N(C)CC2CCCO2)cc1. The van der Waals surface area contributed by atoms with E-state index in [1.807, 2.05) is 30.3 Å². The van der Waals surface area contributed by atoms with E-state index in [-0.39, 0.29) is 28.0 Å². The normalized spacial score (nSPS) is 15.8. The van der Waals surface area contributed by atoms with Gasteiger partial charge in [0.25, 0.3) is 5.91 Å². The van der Waals surface area contributed by atoms with Gasteiger partial charge in [0.2, 0.25) is 10.0 Å². The van der Waals surface area contributed by atoms with Gasteiger partial charge in [-0.1, -0.05) is 30.3 Å². The Kier molecular flexibility index (Phi) is 7.66. The number of rotatable bonds is 8. The van der Waals surface area contributed by atoms with Crippen molar-refractivity contribution in [2.75, 3.05) is 32.6 Å². The molecule has 2 heterocycles. The molecule has 0 radical (unpaired) electrons. The minimum absolute atomic E-state index is 0.0895. The Morgan fingerprint density at radius 2 is 1.86 bits per heavy atom. The fourth-order valence-electron chi connectivity index (χ4n) is 3.80. The first-order chi connectivity index (χ1) is 16.8. The zero-order valence-corrected chi connectivity index (χ0v) is 21.0. The molecule has 10 heteroatoms. The van der Waals surface area contributed by atoms with Crippen LogP contribution in [-0.4, -0.2) is 58.0 Å². The molecule has 1 amide bonds. The van der Waals surface area contributed by atoms with Crippen LogP contribution in [0.25, 0.3) is 10.4 Å². The number of nitrogens with zero attached hydrogens (tertiary/aromatic N) is 1. The Bertz CT molecular complexity index is 1300. The number of thiophene rings is 1. The minimum atomic E-state index is -3.71. The monoisotopic (exact) mass is 514 g/mol. The summed E-state index contributed by atoms with van der Waals surface area (Å²) in [4.78, 5) is 26.4. The average molecular weight is 515 g/mol. The third-order valence-electron chi connectivity index (χ3n) is 5.72. The van der Waals surface area contributed by atoms with E-state index in [1.165, 1.54) is 54.1 Å². The van der Waals surface area contributed by atoms with Crippen molar-refractivity contribution < 1.29 is 27.5 Å². The minimum Gasteiger partial charge on any atom is -0.465 e. The summed E-state index contributed by atoms with van der Waals surface area (Å²) in [5.41, 5.74) is 1.50. The zero-order chi connectivity index (χ0) is 25.0. The van der Waals surface area contributed by atoms with Gasteiger partial charge in [-0.05, 0) is 48.7 Å². The Hall–Kier alpha value is -3.05. The van der Waals surface area contributed by atoms with Crippen LogP contribution in [-0.2, 0) is 19.5 Å². The van der Waals surface area contributed by atoms with Gasteiger partial charge in [-0.3, -0.25) is 4.79 Å². The van der Waals surface area contributed by atoms with Gasteiger partial charge in [0.1, 0.15) is 4.88 Å². The van der Waals surface area contributed by atoms with Gasteiger partial charge < -0.3 is 14.8 Å². The van der Waals surface area contributed by atoms with E-state index in [4.69, 9.17) is 9.47 Å². The molecule has 1 N–H and O–H groups in total. The Morgan fingerprint density at radius 1 is 1.14 bits per heavy atom. The van der Waals surface area contributed by atoms with Gasteiger partial charge in [-0.25, -0.2) is 13.2 Å². The summed E-state index contributed by atoms with van der Waals surface area (Å²) in [6, 6.07) is 16.9.